The number of aliphatic hydroxyl groups is 1. The summed E-state index contributed by atoms with van der Waals surface area (Å²) in [6.45, 7) is 5.56. The van der Waals surface area contributed by atoms with Crippen molar-refractivity contribution >= 4 is 11.8 Å². The molecule has 0 aromatic heterocycles. The fourth-order valence-corrected chi connectivity index (χ4v) is 7.77. The number of aliphatic hydroxyl groups excluding tert-OH is 1. The summed E-state index contributed by atoms with van der Waals surface area (Å²) in [6, 6.07) is 32.8. The van der Waals surface area contributed by atoms with Crippen molar-refractivity contribution in [2.45, 2.75) is 69.7 Å². The highest BCUT2D eigenvalue weighted by molar-refractivity contribution is 5.90. The maximum atomic E-state index is 13.1. The smallest absolute Gasteiger partial charge is 0.392 e. The second kappa shape index (κ2) is 17.5. The molecule has 12 heteroatoms. The number of carbonyl (C=O) groups excluding carboxylic acids is 2. The van der Waals surface area contributed by atoms with Crippen molar-refractivity contribution in [1.29, 1.82) is 0 Å². The van der Waals surface area contributed by atoms with Crippen LogP contribution in [-0.2, 0) is 38.8 Å². The maximum absolute atomic E-state index is 13.1. The number of halogens is 3. The Hall–Kier alpha value is -4.59. The molecule has 4 aromatic rings. The molecule has 4 aromatic carbocycles. The molecule has 0 radical (unpaired) electrons. The number of hydrogen-bond acceptors (Lipinski definition) is 7. The minimum atomic E-state index is -5.02. The van der Waals surface area contributed by atoms with Crippen LogP contribution >= 0.6 is 0 Å². The topological polar surface area (TPSA) is 94.6 Å². The molecule has 0 aliphatic carbocycles. The Morgan fingerprint density at radius 1 is 0.745 bits per heavy atom. The number of ether oxygens (including phenoxy) is 2. The van der Waals surface area contributed by atoms with Gasteiger partial charge in [-0.15, -0.1) is 0 Å². The molecule has 0 saturated carbocycles. The molecule has 7 rings (SSSR count). The monoisotopic (exact) mass is 756 g/mol. The lowest BCUT2D eigenvalue weighted by Gasteiger charge is -2.41. The highest BCUT2D eigenvalue weighted by Gasteiger charge is 2.47. The first-order valence-electron chi connectivity index (χ1n) is 19.0. The lowest BCUT2D eigenvalue weighted by molar-refractivity contribution is -0.253. The third-order valence-corrected chi connectivity index (χ3v) is 10.7. The zero-order valence-electron chi connectivity index (χ0n) is 30.7. The van der Waals surface area contributed by atoms with Gasteiger partial charge in [-0.2, -0.15) is 13.2 Å². The van der Waals surface area contributed by atoms with Crippen LogP contribution in [0.25, 0.3) is 11.1 Å². The minimum Gasteiger partial charge on any atom is -0.392 e. The standard InChI is InChI=1S/C43H47F3N4O5/c44-43(45,46)42(53)50-18-6-13-38(50)40(52)47-26-32-9-4-10-34(23-32)35-11-5-12-36(24-35)41-54-37(25-39(55-41)33-16-14-31(29-51)15-17-33)28-49-21-19-48(20-22-49)27-30-7-2-1-3-8-30/h1-5,7-12,14-17,23-24,37-39,41,51H,6,13,18-22,25-29H2,(H,47,52)/t37-,38-,39+,41+/m0/s1. The van der Waals surface area contributed by atoms with Crippen LogP contribution in [0, 0.1) is 0 Å². The molecule has 9 nitrogen and oxygen atoms in total. The largest absolute Gasteiger partial charge is 0.471 e. The van der Waals surface area contributed by atoms with E-state index < -0.39 is 30.3 Å². The van der Waals surface area contributed by atoms with Crippen molar-refractivity contribution in [3.05, 3.63) is 131 Å². The summed E-state index contributed by atoms with van der Waals surface area (Å²) >= 11 is 0. The summed E-state index contributed by atoms with van der Waals surface area (Å²) in [5.41, 5.74) is 6.61. The number of nitrogens with one attached hydrogen (secondary N) is 1. The molecule has 3 saturated heterocycles. The van der Waals surface area contributed by atoms with Crippen LogP contribution < -0.4 is 5.32 Å². The van der Waals surface area contributed by atoms with Gasteiger partial charge in [0.1, 0.15) is 6.04 Å². The number of rotatable bonds is 11. The van der Waals surface area contributed by atoms with E-state index in [0.717, 1.165) is 72.6 Å². The number of benzene rings is 4. The number of hydrogen-bond donors (Lipinski definition) is 2. The van der Waals surface area contributed by atoms with Crippen LogP contribution in [0.5, 0.6) is 0 Å². The van der Waals surface area contributed by atoms with E-state index >= 15 is 0 Å². The van der Waals surface area contributed by atoms with Crippen LogP contribution in [0.2, 0.25) is 0 Å². The number of carbonyl (C=O) groups is 2. The van der Waals surface area contributed by atoms with Gasteiger partial charge in [-0.05, 0) is 58.4 Å². The summed E-state index contributed by atoms with van der Waals surface area (Å²) in [5.74, 6) is -2.58. The van der Waals surface area contributed by atoms with Crippen molar-refractivity contribution in [1.82, 2.24) is 20.0 Å². The van der Waals surface area contributed by atoms with Crippen molar-refractivity contribution in [3.63, 3.8) is 0 Å². The minimum absolute atomic E-state index is 0.0289. The van der Waals surface area contributed by atoms with E-state index in [2.05, 4.69) is 39.4 Å². The Morgan fingerprint density at radius 3 is 2.16 bits per heavy atom. The highest BCUT2D eigenvalue weighted by Crippen LogP contribution is 2.39. The van der Waals surface area contributed by atoms with Gasteiger partial charge in [0.15, 0.2) is 6.29 Å². The van der Waals surface area contributed by atoms with Crippen molar-refractivity contribution < 1.29 is 37.3 Å². The molecule has 2 N–H and O–H groups in total. The van der Waals surface area contributed by atoms with Crippen molar-refractivity contribution in [2.75, 3.05) is 39.3 Å². The molecule has 55 heavy (non-hydrogen) atoms. The van der Waals surface area contributed by atoms with E-state index in [0.29, 0.717) is 17.7 Å². The van der Waals surface area contributed by atoms with Crippen LogP contribution in [0.15, 0.2) is 103 Å². The van der Waals surface area contributed by atoms with E-state index in [4.69, 9.17) is 9.47 Å². The van der Waals surface area contributed by atoms with Gasteiger partial charge in [-0.1, -0.05) is 91.0 Å². The van der Waals surface area contributed by atoms with Crippen LogP contribution in [0.1, 0.15) is 59.5 Å². The van der Waals surface area contributed by atoms with Gasteiger partial charge in [0.05, 0.1) is 18.8 Å². The summed E-state index contributed by atoms with van der Waals surface area (Å²) in [4.78, 5) is 30.4. The van der Waals surface area contributed by atoms with Crippen molar-refractivity contribution in [2.24, 2.45) is 0 Å². The second-order valence-corrected chi connectivity index (χ2v) is 14.6. The quantitative estimate of drug-likeness (QED) is 0.184. The first kappa shape index (κ1) is 38.7. The first-order chi connectivity index (χ1) is 26.6. The number of amides is 2. The molecule has 0 unspecified atom stereocenters. The fourth-order valence-electron chi connectivity index (χ4n) is 7.77. The highest BCUT2D eigenvalue weighted by atomic mass is 19.4. The first-order valence-corrected chi connectivity index (χ1v) is 19.0. The summed E-state index contributed by atoms with van der Waals surface area (Å²) in [5, 5.41) is 12.4. The molecule has 3 aliphatic rings. The predicted octanol–water partition coefficient (Wildman–Crippen LogP) is 6.38. The Labute approximate surface area is 319 Å². The molecule has 3 aliphatic heterocycles. The molecule has 4 atom stereocenters. The van der Waals surface area contributed by atoms with Crippen LogP contribution in [-0.4, -0.2) is 89.2 Å². The van der Waals surface area contributed by atoms with E-state index in [1.807, 2.05) is 78.9 Å². The third kappa shape index (κ3) is 9.81. The van der Waals surface area contributed by atoms with E-state index in [-0.39, 0.29) is 38.3 Å². The SMILES string of the molecule is O=C(NCc1cccc(-c2cccc([C@@H]3O[C@H](CN4CCN(Cc5ccccc5)CC4)C[C@H](c4ccc(CO)cc4)O3)c2)c1)[C@@H]1CCCN1C(=O)C(F)(F)F. The van der Waals surface area contributed by atoms with Gasteiger partial charge in [0, 0.05) is 64.3 Å². The molecule has 0 bridgehead atoms. The van der Waals surface area contributed by atoms with Gasteiger partial charge in [-0.3, -0.25) is 19.4 Å². The lowest BCUT2D eigenvalue weighted by Crippen LogP contribution is -2.50. The van der Waals surface area contributed by atoms with Crippen LogP contribution in [0.4, 0.5) is 13.2 Å². The van der Waals surface area contributed by atoms with Gasteiger partial charge in [0.2, 0.25) is 5.91 Å². The average Bonchev–Trinajstić information content (AvgIpc) is 3.71. The molecule has 0 spiro atoms. The summed E-state index contributed by atoms with van der Waals surface area (Å²) in [7, 11) is 0. The van der Waals surface area contributed by atoms with Gasteiger partial charge in [-0.25, -0.2) is 0 Å². The average molecular weight is 757 g/mol. The third-order valence-electron chi connectivity index (χ3n) is 10.7. The molecular weight excluding hydrogens is 709 g/mol. The second-order valence-electron chi connectivity index (χ2n) is 14.6. The Morgan fingerprint density at radius 2 is 1.44 bits per heavy atom. The summed E-state index contributed by atoms with van der Waals surface area (Å²) in [6.07, 6.45) is -4.73. The normalized spacial score (nSPS) is 22.4. The molecule has 2 amide bonds. The Balaban J connectivity index is 1.02. The molecular formula is C43H47F3N4O5. The predicted molar refractivity (Wildman–Crippen MR) is 201 cm³/mol. The number of likely N-dealkylation sites (tertiary alicyclic amines) is 1. The van der Waals surface area contributed by atoms with E-state index in [9.17, 15) is 27.9 Å². The van der Waals surface area contributed by atoms with Crippen LogP contribution in [0.3, 0.4) is 0 Å². The van der Waals surface area contributed by atoms with Gasteiger partial charge in [0.25, 0.3) is 0 Å². The zero-order chi connectivity index (χ0) is 38.4. The molecule has 290 valence electrons. The van der Waals surface area contributed by atoms with Gasteiger partial charge < -0.3 is 24.8 Å². The molecule has 3 fully saturated rings. The maximum Gasteiger partial charge on any atom is 0.471 e. The summed E-state index contributed by atoms with van der Waals surface area (Å²) < 4.78 is 52.7. The lowest BCUT2D eigenvalue weighted by atomic mass is 9.98. The Kier molecular flexibility index (Phi) is 12.3. The molecule has 3 heterocycles. The fraction of sp³-hybridized carbons (Fsp3) is 0.395. The zero-order valence-corrected chi connectivity index (χ0v) is 30.7. The number of alkyl halides is 3. The Bertz CT molecular complexity index is 1900. The van der Waals surface area contributed by atoms with Gasteiger partial charge >= 0.3 is 12.1 Å². The van der Waals surface area contributed by atoms with E-state index in [1.165, 1.54) is 5.56 Å². The van der Waals surface area contributed by atoms with Crippen molar-refractivity contribution in [3.8, 4) is 11.1 Å². The number of piperazine rings is 1. The van der Waals surface area contributed by atoms with E-state index in [1.54, 1.807) is 0 Å². The number of nitrogens with zero attached hydrogens (tertiary/aromatic N) is 3.